The fourth-order valence-corrected chi connectivity index (χ4v) is 0.834. The highest BCUT2D eigenvalue weighted by Gasteiger charge is 1.89. The van der Waals surface area contributed by atoms with Crippen molar-refractivity contribution in [1.82, 2.24) is 0 Å². The van der Waals surface area contributed by atoms with Gasteiger partial charge < -0.3 is 4.74 Å². The molecule has 0 spiro atoms. The molecule has 3 heteroatoms. The van der Waals surface area contributed by atoms with E-state index in [2.05, 4.69) is 4.40 Å². The first kappa shape index (κ1) is 6.42. The van der Waals surface area contributed by atoms with Gasteiger partial charge in [0, 0.05) is 11.9 Å². The molecule has 2 nitrogen and oxygen atoms in total. The molecule has 0 unspecified atom stereocenters. The van der Waals surface area contributed by atoms with Crippen LogP contribution >= 0.6 is 11.9 Å². The number of hydrogen-bond acceptors (Lipinski definition) is 3. The highest BCUT2D eigenvalue weighted by Crippen LogP contribution is 2.08. The van der Waals surface area contributed by atoms with Crippen LogP contribution < -0.4 is 0 Å². The van der Waals surface area contributed by atoms with Gasteiger partial charge in [0.1, 0.15) is 5.76 Å². The molecule has 1 aliphatic rings. The maximum Gasteiger partial charge on any atom is 0.137 e. The Morgan fingerprint density at radius 1 is 1.67 bits per heavy atom. The lowest BCUT2D eigenvalue weighted by Gasteiger charge is -1.93. The molecule has 0 saturated carbocycles. The molecule has 0 radical (unpaired) electrons. The molecule has 1 rings (SSSR count). The Balaban J connectivity index is 2.67. The van der Waals surface area contributed by atoms with Gasteiger partial charge in [-0.15, -0.1) is 0 Å². The highest BCUT2D eigenvalue weighted by molar-refractivity contribution is 8.01. The van der Waals surface area contributed by atoms with Gasteiger partial charge in [0.2, 0.25) is 0 Å². The molecular weight excluding hydrogens is 134 g/mol. The Morgan fingerprint density at radius 3 is 3.33 bits per heavy atom. The van der Waals surface area contributed by atoms with Gasteiger partial charge in [0.25, 0.3) is 0 Å². The second-order valence-electron chi connectivity index (χ2n) is 1.44. The number of nitrogens with zero attached hydrogens (tertiary/aromatic N) is 1. The Morgan fingerprint density at radius 2 is 2.56 bits per heavy atom. The first-order chi connectivity index (χ1) is 4.43. The zero-order valence-corrected chi connectivity index (χ0v) is 5.89. The maximum atomic E-state index is 4.92. The summed E-state index contributed by atoms with van der Waals surface area (Å²) < 4.78 is 8.85. The summed E-state index contributed by atoms with van der Waals surface area (Å²) in [7, 11) is 1.63. The van der Waals surface area contributed by atoms with E-state index in [1.807, 2.05) is 17.6 Å². The van der Waals surface area contributed by atoms with Crippen molar-refractivity contribution >= 4 is 18.2 Å². The minimum atomic E-state index is 0.788. The lowest BCUT2D eigenvalue weighted by Crippen LogP contribution is -1.84. The van der Waals surface area contributed by atoms with Gasteiger partial charge in [0.15, 0.2) is 0 Å². The molecule has 0 aliphatic carbocycles. The molecule has 1 heterocycles. The van der Waals surface area contributed by atoms with Gasteiger partial charge in [0.05, 0.1) is 13.3 Å². The zero-order valence-electron chi connectivity index (χ0n) is 5.07. The summed E-state index contributed by atoms with van der Waals surface area (Å²) in [4.78, 5) is 0. The third-order valence-electron chi connectivity index (χ3n) is 0.876. The molecule has 0 aromatic heterocycles. The van der Waals surface area contributed by atoms with Crippen molar-refractivity contribution in [3.05, 3.63) is 23.3 Å². The van der Waals surface area contributed by atoms with Crippen LogP contribution in [0.4, 0.5) is 0 Å². The van der Waals surface area contributed by atoms with Gasteiger partial charge in [-0.1, -0.05) is 6.08 Å². The van der Waals surface area contributed by atoms with Crippen LogP contribution in [0.3, 0.4) is 0 Å². The van der Waals surface area contributed by atoms with Crippen LogP contribution in [0.5, 0.6) is 0 Å². The number of rotatable bonds is 1. The summed E-state index contributed by atoms with van der Waals surface area (Å²) in [6, 6.07) is 0. The molecule has 48 valence electrons. The molecule has 0 aromatic carbocycles. The maximum absolute atomic E-state index is 4.92. The lowest BCUT2D eigenvalue weighted by atomic mass is 10.4. The topological polar surface area (TPSA) is 21.6 Å². The third-order valence-corrected chi connectivity index (χ3v) is 1.38. The summed E-state index contributed by atoms with van der Waals surface area (Å²) in [5.74, 6) is 0.788. The predicted octanol–water partition coefficient (Wildman–Crippen LogP) is 1.76. The Hall–Kier alpha value is -0.700. The predicted molar refractivity (Wildman–Crippen MR) is 40.3 cm³/mol. The van der Waals surface area contributed by atoms with Gasteiger partial charge in [-0.3, -0.25) is 0 Å². The summed E-state index contributed by atoms with van der Waals surface area (Å²) >= 11 is 1.39. The molecule has 1 aliphatic heterocycles. The number of hydrogen-bond donors (Lipinski definition) is 0. The Bertz CT molecular complexity index is 172. The lowest BCUT2D eigenvalue weighted by molar-refractivity contribution is 0.317. The van der Waals surface area contributed by atoms with Crippen molar-refractivity contribution in [3.8, 4) is 0 Å². The van der Waals surface area contributed by atoms with Gasteiger partial charge in [-0.25, -0.2) is 4.40 Å². The first-order valence-corrected chi connectivity index (χ1v) is 3.37. The molecule has 9 heavy (non-hydrogen) atoms. The Labute approximate surface area is 58.4 Å². The third kappa shape index (κ3) is 1.93. The first-order valence-electron chi connectivity index (χ1n) is 2.53. The molecule has 0 amide bonds. The molecular formula is C6H7NOS. The van der Waals surface area contributed by atoms with Crippen molar-refractivity contribution in [3.63, 3.8) is 0 Å². The van der Waals surface area contributed by atoms with E-state index in [0.717, 1.165) is 5.76 Å². The summed E-state index contributed by atoms with van der Waals surface area (Å²) in [5, 5.41) is 1.89. The van der Waals surface area contributed by atoms with E-state index in [1.54, 1.807) is 13.3 Å². The van der Waals surface area contributed by atoms with Crippen molar-refractivity contribution < 1.29 is 4.74 Å². The second kappa shape index (κ2) is 3.35. The molecule has 0 saturated heterocycles. The van der Waals surface area contributed by atoms with E-state index >= 15 is 0 Å². The minimum Gasteiger partial charge on any atom is -0.495 e. The van der Waals surface area contributed by atoms with Crippen molar-refractivity contribution in [2.24, 2.45) is 4.40 Å². The fourth-order valence-electron chi connectivity index (χ4n) is 0.451. The van der Waals surface area contributed by atoms with Crippen LogP contribution in [0.2, 0.25) is 0 Å². The quantitative estimate of drug-likeness (QED) is 0.519. The monoisotopic (exact) mass is 141 g/mol. The van der Waals surface area contributed by atoms with E-state index in [9.17, 15) is 0 Å². The summed E-state index contributed by atoms with van der Waals surface area (Å²) in [6.07, 6.45) is 5.45. The van der Waals surface area contributed by atoms with Crippen LogP contribution in [0, 0.1) is 0 Å². The van der Waals surface area contributed by atoms with Crippen LogP contribution in [0.15, 0.2) is 27.7 Å². The molecule has 0 fully saturated rings. The van der Waals surface area contributed by atoms with E-state index in [0.29, 0.717) is 0 Å². The Kier molecular flexibility index (Phi) is 2.39. The second-order valence-corrected chi connectivity index (χ2v) is 2.14. The van der Waals surface area contributed by atoms with Crippen molar-refractivity contribution in [2.75, 3.05) is 7.11 Å². The zero-order chi connectivity index (χ0) is 6.53. The largest absolute Gasteiger partial charge is 0.495 e. The highest BCUT2D eigenvalue weighted by atomic mass is 32.2. The average Bonchev–Trinajstić information content (AvgIpc) is 2.13. The van der Waals surface area contributed by atoms with E-state index in [1.165, 1.54) is 11.9 Å². The van der Waals surface area contributed by atoms with Gasteiger partial charge in [-0.2, -0.15) is 0 Å². The van der Waals surface area contributed by atoms with Crippen LogP contribution in [0.25, 0.3) is 0 Å². The van der Waals surface area contributed by atoms with Crippen molar-refractivity contribution in [2.45, 2.75) is 0 Å². The SMILES string of the molecule is COC1=CC=CSN=C1. The van der Waals surface area contributed by atoms with E-state index < -0.39 is 0 Å². The fraction of sp³-hybridized carbons (Fsp3) is 0.167. The standard InChI is InChI=1S/C6H7NOS/c1-8-6-3-2-4-9-7-5-6/h2-5H,1H3. The molecule has 0 bridgehead atoms. The van der Waals surface area contributed by atoms with Crippen LogP contribution in [0.1, 0.15) is 0 Å². The molecule has 0 aromatic rings. The van der Waals surface area contributed by atoms with Gasteiger partial charge in [-0.05, 0) is 11.5 Å². The normalized spacial score (nSPS) is 16.8. The minimum absolute atomic E-state index is 0.788. The number of methoxy groups -OCH3 is 1. The summed E-state index contributed by atoms with van der Waals surface area (Å²) in [5.41, 5.74) is 0. The van der Waals surface area contributed by atoms with Gasteiger partial charge >= 0.3 is 0 Å². The van der Waals surface area contributed by atoms with E-state index in [4.69, 9.17) is 4.74 Å². The average molecular weight is 141 g/mol. The molecule has 0 atom stereocenters. The summed E-state index contributed by atoms with van der Waals surface area (Å²) in [6.45, 7) is 0. The van der Waals surface area contributed by atoms with Crippen LogP contribution in [-0.4, -0.2) is 13.3 Å². The molecule has 0 N–H and O–H groups in total. The number of allylic oxidation sites excluding steroid dienone is 3. The number of ether oxygens (including phenoxy) is 1. The smallest absolute Gasteiger partial charge is 0.137 e. The van der Waals surface area contributed by atoms with Crippen LogP contribution in [-0.2, 0) is 4.74 Å². The van der Waals surface area contributed by atoms with E-state index in [-0.39, 0.29) is 0 Å². The van der Waals surface area contributed by atoms with Crippen molar-refractivity contribution in [1.29, 1.82) is 0 Å².